The van der Waals surface area contributed by atoms with Crippen molar-refractivity contribution in [3.63, 3.8) is 0 Å². The Hall–Kier alpha value is -1.54. The topological polar surface area (TPSA) is 64.8 Å². The summed E-state index contributed by atoms with van der Waals surface area (Å²) < 4.78 is 51.4. The highest BCUT2D eigenvalue weighted by Crippen LogP contribution is 2.27. The van der Waals surface area contributed by atoms with Crippen molar-refractivity contribution in [2.45, 2.75) is 25.0 Å². The number of halogens is 3. The van der Waals surface area contributed by atoms with Crippen LogP contribution in [0.15, 0.2) is 23.4 Å². The van der Waals surface area contributed by atoms with Crippen LogP contribution in [0.25, 0.3) is 11.4 Å². The molecule has 0 aliphatic carbocycles. The molecule has 20 heavy (non-hydrogen) atoms. The monoisotopic (exact) mass is 321 g/mol. The van der Waals surface area contributed by atoms with Gasteiger partial charge in [-0.25, -0.2) is 17.2 Å². The Balaban J connectivity index is 2.73. The smallest absolute Gasteiger partial charge is 0.296 e. The maximum absolute atomic E-state index is 13.8. The fourth-order valence-electron chi connectivity index (χ4n) is 1.79. The van der Waals surface area contributed by atoms with Crippen LogP contribution in [0.3, 0.4) is 0 Å². The fraction of sp³-hybridized carbons (Fsp3) is 0.273. The third-order valence-electron chi connectivity index (χ3n) is 2.57. The molecule has 108 valence electrons. The Morgan fingerprint density at radius 1 is 1.25 bits per heavy atom. The first kappa shape index (κ1) is 14.9. The van der Waals surface area contributed by atoms with E-state index in [4.69, 9.17) is 10.7 Å². The van der Waals surface area contributed by atoms with E-state index in [9.17, 15) is 17.2 Å². The molecule has 0 saturated heterocycles. The highest BCUT2D eigenvalue weighted by Gasteiger charge is 2.25. The first-order valence-corrected chi connectivity index (χ1v) is 7.99. The van der Waals surface area contributed by atoms with Gasteiger partial charge in [0.2, 0.25) is 0 Å². The Labute approximate surface area is 118 Å². The molecule has 2 aromatic rings. The van der Waals surface area contributed by atoms with Crippen LogP contribution < -0.4 is 0 Å². The van der Waals surface area contributed by atoms with E-state index < -0.39 is 31.4 Å². The fourth-order valence-corrected chi connectivity index (χ4v) is 2.71. The van der Waals surface area contributed by atoms with Crippen molar-refractivity contribution >= 4 is 19.7 Å². The van der Waals surface area contributed by atoms with Crippen LogP contribution in [0, 0.1) is 11.6 Å². The minimum absolute atomic E-state index is 0.164. The number of hydrogen-bond donors (Lipinski definition) is 0. The third kappa shape index (κ3) is 2.66. The van der Waals surface area contributed by atoms with Gasteiger partial charge in [0.15, 0.2) is 5.82 Å². The van der Waals surface area contributed by atoms with Gasteiger partial charge in [0.05, 0.1) is 5.56 Å². The summed E-state index contributed by atoms with van der Waals surface area (Å²) in [4.78, 5) is 0. The van der Waals surface area contributed by atoms with Gasteiger partial charge in [0.1, 0.15) is 11.6 Å². The second-order valence-corrected chi connectivity index (χ2v) is 6.45. The van der Waals surface area contributed by atoms with Crippen molar-refractivity contribution in [1.82, 2.24) is 14.8 Å². The molecule has 0 aliphatic rings. The maximum atomic E-state index is 13.8. The van der Waals surface area contributed by atoms with Gasteiger partial charge in [-0.2, -0.15) is 0 Å². The molecule has 0 saturated carbocycles. The van der Waals surface area contributed by atoms with Crippen molar-refractivity contribution in [3.05, 3.63) is 29.8 Å². The summed E-state index contributed by atoms with van der Waals surface area (Å²) in [7, 11) is 1.09. The van der Waals surface area contributed by atoms with Crippen LogP contribution in [-0.2, 0) is 15.6 Å². The highest BCUT2D eigenvalue weighted by molar-refractivity contribution is 8.13. The molecule has 1 aromatic carbocycles. The lowest BCUT2D eigenvalue weighted by atomic mass is 10.2. The summed E-state index contributed by atoms with van der Waals surface area (Å²) >= 11 is 0. The minimum Gasteiger partial charge on any atom is -0.297 e. The van der Waals surface area contributed by atoms with Gasteiger partial charge in [-0.1, -0.05) is 13.0 Å². The van der Waals surface area contributed by atoms with Gasteiger partial charge < -0.3 is 0 Å². The van der Waals surface area contributed by atoms with Crippen LogP contribution in [0.1, 0.15) is 13.3 Å². The zero-order valence-corrected chi connectivity index (χ0v) is 11.9. The molecule has 0 aliphatic heterocycles. The zero-order valence-electron chi connectivity index (χ0n) is 10.3. The molecule has 0 atom stereocenters. The third-order valence-corrected chi connectivity index (χ3v) is 3.72. The normalized spacial score (nSPS) is 11.8. The van der Waals surface area contributed by atoms with E-state index in [0.29, 0.717) is 6.42 Å². The van der Waals surface area contributed by atoms with Crippen LogP contribution in [0.5, 0.6) is 0 Å². The largest absolute Gasteiger partial charge is 0.297 e. The number of aromatic nitrogens is 3. The molecule has 2 rings (SSSR count). The molecular weight excluding hydrogens is 312 g/mol. The number of rotatable bonds is 4. The first-order chi connectivity index (χ1) is 9.36. The van der Waals surface area contributed by atoms with Crippen molar-refractivity contribution in [1.29, 1.82) is 0 Å². The molecule has 0 bridgehead atoms. The SMILES string of the molecule is CCCn1c(-c2c(F)cccc2F)nnc1S(=O)(=O)Cl. The lowest BCUT2D eigenvalue weighted by Crippen LogP contribution is -2.08. The van der Waals surface area contributed by atoms with Gasteiger partial charge in [0, 0.05) is 17.2 Å². The van der Waals surface area contributed by atoms with E-state index in [1.165, 1.54) is 6.07 Å². The molecule has 0 amide bonds. The van der Waals surface area contributed by atoms with E-state index in [1.807, 2.05) is 0 Å². The highest BCUT2D eigenvalue weighted by atomic mass is 35.7. The van der Waals surface area contributed by atoms with Gasteiger partial charge in [0.25, 0.3) is 14.2 Å². The Morgan fingerprint density at radius 2 is 1.85 bits per heavy atom. The second kappa shape index (κ2) is 5.45. The van der Waals surface area contributed by atoms with E-state index in [0.717, 1.165) is 16.7 Å². The summed E-state index contributed by atoms with van der Waals surface area (Å²) in [5.74, 6) is -1.91. The second-order valence-electron chi connectivity index (χ2n) is 3.99. The molecule has 9 heteroatoms. The lowest BCUT2D eigenvalue weighted by molar-refractivity contribution is 0.560. The molecule has 1 heterocycles. The molecular formula is C11H10ClF2N3O2S. The molecule has 0 N–H and O–H groups in total. The average molecular weight is 322 g/mol. The molecule has 5 nitrogen and oxygen atoms in total. The van der Waals surface area contributed by atoms with Crippen LogP contribution in [0.4, 0.5) is 8.78 Å². The Morgan fingerprint density at radius 3 is 2.35 bits per heavy atom. The number of nitrogens with zero attached hydrogens (tertiary/aromatic N) is 3. The Bertz CT molecular complexity index is 726. The summed E-state index contributed by atoms with van der Waals surface area (Å²) in [6.45, 7) is 1.93. The quantitative estimate of drug-likeness (QED) is 0.812. The van der Waals surface area contributed by atoms with Gasteiger partial charge in [-0.3, -0.25) is 4.57 Å². The molecule has 1 aromatic heterocycles. The predicted octanol–water partition coefficient (Wildman–Crippen LogP) is 2.56. The molecule has 0 spiro atoms. The zero-order chi connectivity index (χ0) is 14.9. The van der Waals surface area contributed by atoms with Crippen molar-refractivity contribution in [2.24, 2.45) is 0 Å². The molecule has 0 fully saturated rings. The Kier molecular flexibility index (Phi) is 4.05. The summed E-state index contributed by atoms with van der Waals surface area (Å²) in [5, 5.41) is 6.46. The van der Waals surface area contributed by atoms with Crippen LogP contribution in [0.2, 0.25) is 0 Å². The van der Waals surface area contributed by atoms with E-state index in [2.05, 4.69) is 10.2 Å². The summed E-state index contributed by atoms with van der Waals surface area (Å²) in [6.07, 6.45) is 0.514. The molecule has 0 radical (unpaired) electrons. The van der Waals surface area contributed by atoms with Crippen LogP contribution >= 0.6 is 10.7 Å². The van der Waals surface area contributed by atoms with Crippen molar-refractivity contribution < 1.29 is 17.2 Å². The summed E-state index contributed by atoms with van der Waals surface area (Å²) in [6, 6.07) is 3.31. The average Bonchev–Trinajstić information content (AvgIpc) is 2.73. The van der Waals surface area contributed by atoms with Crippen LogP contribution in [-0.4, -0.2) is 23.2 Å². The maximum Gasteiger partial charge on any atom is 0.296 e. The summed E-state index contributed by atoms with van der Waals surface area (Å²) in [5.41, 5.74) is -0.431. The van der Waals surface area contributed by atoms with E-state index >= 15 is 0 Å². The first-order valence-electron chi connectivity index (χ1n) is 5.68. The van der Waals surface area contributed by atoms with E-state index in [1.54, 1.807) is 6.92 Å². The van der Waals surface area contributed by atoms with Crippen molar-refractivity contribution in [2.75, 3.05) is 0 Å². The van der Waals surface area contributed by atoms with Gasteiger partial charge in [-0.15, -0.1) is 10.2 Å². The lowest BCUT2D eigenvalue weighted by Gasteiger charge is -2.08. The number of benzene rings is 1. The van der Waals surface area contributed by atoms with Crippen molar-refractivity contribution in [3.8, 4) is 11.4 Å². The standard InChI is InChI=1S/C11H10ClF2N3O2S/c1-2-6-17-10(15-16-11(17)20(12,18)19)9-7(13)4-3-5-8(9)14/h3-5H,2,6H2,1H3. The molecule has 0 unspecified atom stereocenters. The van der Waals surface area contributed by atoms with E-state index in [-0.39, 0.29) is 12.4 Å². The van der Waals surface area contributed by atoms with Gasteiger partial charge in [-0.05, 0) is 18.6 Å². The minimum atomic E-state index is -4.15. The number of hydrogen-bond acceptors (Lipinski definition) is 4. The predicted molar refractivity (Wildman–Crippen MR) is 68.7 cm³/mol. The van der Waals surface area contributed by atoms with Gasteiger partial charge >= 0.3 is 0 Å².